The molecule has 6 nitrogen and oxygen atoms in total. The lowest BCUT2D eigenvalue weighted by atomic mass is 10.2. The predicted molar refractivity (Wildman–Crippen MR) is 120 cm³/mol. The Morgan fingerprint density at radius 3 is 2.37 bits per heavy atom. The number of aromatic nitrogens is 2. The number of nitrogens with one attached hydrogen (secondary N) is 1. The van der Waals surface area contributed by atoms with Crippen LogP contribution in [0.2, 0.25) is 15.1 Å². The van der Waals surface area contributed by atoms with Crippen molar-refractivity contribution in [3.05, 3.63) is 67.6 Å². The molecule has 0 unspecified atom stereocenters. The van der Waals surface area contributed by atoms with Crippen LogP contribution in [0.25, 0.3) is 16.6 Å². The number of carbonyl (C=O) groups excluding carboxylic acids is 1. The van der Waals surface area contributed by atoms with Crippen molar-refractivity contribution in [2.75, 3.05) is 0 Å². The van der Waals surface area contributed by atoms with Crippen LogP contribution in [0.1, 0.15) is 39.6 Å². The van der Waals surface area contributed by atoms with Crippen molar-refractivity contribution in [2.45, 2.75) is 39.3 Å². The third kappa shape index (κ3) is 4.89. The van der Waals surface area contributed by atoms with Gasteiger partial charge in [-0.1, -0.05) is 40.9 Å². The zero-order valence-corrected chi connectivity index (χ0v) is 19.1. The van der Waals surface area contributed by atoms with Gasteiger partial charge in [0.2, 0.25) is 0 Å². The van der Waals surface area contributed by atoms with Crippen molar-refractivity contribution in [3.8, 4) is 5.69 Å². The number of ether oxygens (including phenoxy) is 1. The number of benzene rings is 2. The molecule has 9 heteroatoms. The van der Waals surface area contributed by atoms with Crippen LogP contribution < -0.4 is 10.9 Å². The van der Waals surface area contributed by atoms with Gasteiger partial charge in [0.1, 0.15) is 11.4 Å². The van der Waals surface area contributed by atoms with Gasteiger partial charge in [-0.25, -0.2) is 9.78 Å². The van der Waals surface area contributed by atoms with Crippen LogP contribution in [-0.4, -0.2) is 21.2 Å². The molecular weight excluding hydrogens is 449 g/mol. The Balaban J connectivity index is 2.22. The minimum Gasteiger partial charge on any atom is -0.444 e. The van der Waals surface area contributed by atoms with E-state index < -0.39 is 23.3 Å². The summed E-state index contributed by atoms with van der Waals surface area (Å²) in [5, 5.41) is 3.94. The second kappa shape index (κ2) is 8.46. The lowest BCUT2D eigenvalue weighted by Crippen LogP contribution is -2.37. The van der Waals surface area contributed by atoms with Gasteiger partial charge in [0, 0.05) is 10.0 Å². The van der Waals surface area contributed by atoms with Crippen LogP contribution in [0, 0.1) is 0 Å². The first-order valence-corrected chi connectivity index (χ1v) is 10.3. The van der Waals surface area contributed by atoms with Gasteiger partial charge in [0.25, 0.3) is 5.56 Å². The van der Waals surface area contributed by atoms with Crippen LogP contribution >= 0.6 is 34.8 Å². The first-order valence-electron chi connectivity index (χ1n) is 9.13. The molecule has 0 bridgehead atoms. The normalized spacial score (nSPS) is 12.6. The second-order valence-electron chi connectivity index (χ2n) is 7.74. The third-order valence-corrected chi connectivity index (χ3v) is 4.85. The Bertz CT molecular complexity index is 1170. The summed E-state index contributed by atoms with van der Waals surface area (Å²) in [5.74, 6) is 0.277. The lowest BCUT2D eigenvalue weighted by Gasteiger charge is -2.23. The largest absolute Gasteiger partial charge is 0.444 e. The highest BCUT2D eigenvalue weighted by atomic mass is 35.5. The summed E-state index contributed by atoms with van der Waals surface area (Å²) in [6, 6.07) is 9.06. The van der Waals surface area contributed by atoms with Crippen molar-refractivity contribution >= 4 is 51.8 Å². The summed E-state index contributed by atoms with van der Waals surface area (Å²) in [5.41, 5.74) is -0.268. The monoisotopic (exact) mass is 467 g/mol. The van der Waals surface area contributed by atoms with Crippen LogP contribution in [-0.2, 0) is 4.74 Å². The van der Waals surface area contributed by atoms with Gasteiger partial charge in [-0.05, 0) is 58.0 Å². The average Bonchev–Trinajstić information content (AvgIpc) is 2.58. The van der Waals surface area contributed by atoms with E-state index in [1.54, 1.807) is 64.1 Å². The van der Waals surface area contributed by atoms with Gasteiger partial charge < -0.3 is 10.1 Å². The molecule has 1 aromatic heterocycles. The lowest BCUT2D eigenvalue weighted by molar-refractivity contribution is 0.0505. The molecular formula is C21H20Cl3N3O3. The van der Waals surface area contributed by atoms with Crippen molar-refractivity contribution in [3.63, 3.8) is 0 Å². The summed E-state index contributed by atoms with van der Waals surface area (Å²) in [4.78, 5) is 30.3. The molecule has 2 aromatic carbocycles. The van der Waals surface area contributed by atoms with E-state index >= 15 is 0 Å². The highest BCUT2D eigenvalue weighted by molar-refractivity contribution is 6.35. The van der Waals surface area contributed by atoms with Crippen molar-refractivity contribution in [2.24, 2.45) is 0 Å². The molecule has 1 N–H and O–H groups in total. The average molecular weight is 469 g/mol. The number of nitrogens with zero attached hydrogens (tertiary/aromatic N) is 2. The van der Waals surface area contributed by atoms with Gasteiger partial charge in [0.15, 0.2) is 0 Å². The van der Waals surface area contributed by atoms with E-state index in [1.165, 1.54) is 4.57 Å². The van der Waals surface area contributed by atoms with E-state index in [9.17, 15) is 9.59 Å². The fourth-order valence-electron chi connectivity index (χ4n) is 2.96. The van der Waals surface area contributed by atoms with E-state index in [4.69, 9.17) is 39.5 Å². The minimum absolute atomic E-state index is 0.253. The third-order valence-electron chi connectivity index (χ3n) is 4.10. The molecule has 0 saturated carbocycles. The molecule has 3 rings (SSSR count). The number of hydrogen-bond donors (Lipinski definition) is 1. The van der Waals surface area contributed by atoms with Gasteiger partial charge in [0.05, 0.1) is 27.7 Å². The predicted octanol–water partition coefficient (Wildman–Crippen LogP) is 5.93. The molecule has 0 aliphatic heterocycles. The number of amides is 1. The summed E-state index contributed by atoms with van der Waals surface area (Å²) >= 11 is 18.6. The molecule has 158 valence electrons. The standard InChI is InChI=1S/C21H20Cl3N3O3/c1-11(25-20(29)30-21(2,3)4)18-26-16-7-5-6-15(24)17(16)19(28)27(18)14-9-12(22)8-13(23)10-14/h5-11H,1-4H3,(H,25,29)/t11-/m0/s1. The van der Waals surface area contributed by atoms with Crippen molar-refractivity contribution in [1.82, 2.24) is 14.9 Å². The Labute approximate surface area is 188 Å². The van der Waals surface area contributed by atoms with E-state index in [2.05, 4.69) is 10.3 Å². The van der Waals surface area contributed by atoms with E-state index in [0.717, 1.165) is 0 Å². The molecule has 0 saturated heterocycles. The minimum atomic E-state index is -0.673. The van der Waals surface area contributed by atoms with Gasteiger partial charge in [-0.3, -0.25) is 9.36 Å². The Morgan fingerprint density at radius 1 is 1.13 bits per heavy atom. The molecule has 0 fully saturated rings. The highest BCUT2D eigenvalue weighted by Gasteiger charge is 2.23. The fourth-order valence-corrected chi connectivity index (χ4v) is 3.73. The molecule has 30 heavy (non-hydrogen) atoms. The smallest absolute Gasteiger partial charge is 0.408 e. The molecule has 0 aliphatic rings. The number of rotatable bonds is 3. The summed E-state index contributed by atoms with van der Waals surface area (Å²) in [6.45, 7) is 6.98. The topological polar surface area (TPSA) is 73.2 Å². The van der Waals surface area contributed by atoms with Gasteiger partial charge in [-0.15, -0.1) is 0 Å². The molecule has 1 atom stereocenters. The molecule has 3 aromatic rings. The second-order valence-corrected chi connectivity index (χ2v) is 9.02. The number of halogens is 3. The van der Waals surface area contributed by atoms with Crippen LogP contribution in [0.4, 0.5) is 4.79 Å². The van der Waals surface area contributed by atoms with Crippen LogP contribution in [0.3, 0.4) is 0 Å². The molecule has 0 aliphatic carbocycles. The van der Waals surface area contributed by atoms with Gasteiger partial charge in [-0.2, -0.15) is 0 Å². The Hall–Kier alpha value is -2.28. The maximum Gasteiger partial charge on any atom is 0.408 e. The number of carbonyl (C=O) groups is 1. The molecule has 0 radical (unpaired) electrons. The molecule has 1 heterocycles. The van der Waals surface area contributed by atoms with Crippen LogP contribution in [0.5, 0.6) is 0 Å². The maximum atomic E-state index is 13.4. The summed E-state index contributed by atoms with van der Waals surface area (Å²) < 4.78 is 6.66. The van der Waals surface area contributed by atoms with E-state index in [1.807, 2.05) is 0 Å². The zero-order valence-electron chi connectivity index (χ0n) is 16.8. The SMILES string of the molecule is C[C@H](NC(=O)OC(C)(C)C)c1nc2cccc(Cl)c2c(=O)n1-c1cc(Cl)cc(Cl)c1. The number of fused-ring (bicyclic) bond motifs is 1. The first kappa shape index (κ1) is 22.4. The summed E-state index contributed by atoms with van der Waals surface area (Å²) in [7, 11) is 0. The summed E-state index contributed by atoms with van der Waals surface area (Å²) in [6.07, 6.45) is -0.633. The van der Waals surface area contributed by atoms with E-state index in [0.29, 0.717) is 21.2 Å². The van der Waals surface area contributed by atoms with Gasteiger partial charge >= 0.3 is 6.09 Å². The molecule has 0 spiro atoms. The quantitative estimate of drug-likeness (QED) is 0.517. The molecule has 1 amide bonds. The Kier molecular flexibility index (Phi) is 6.32. The van der Waals surface area contributed by atoms with Crippen molar-refractivity contribution < 1.29 is 9.53 Å². The van der Waals surface area contributed by atoms with Crippen LogP contribution in [0.15, 0.2) is 41.2 Å². The van der Waals surface area contributed by atoms with E-state index in [-0.39, 0.29) is 16.2 Å². The Morgan fingerprint density at radius 2 is 1.77 bits per heavy atom. The fraction of sp³-hybridized carbons (Fsp3) is 0.286. The van der Waals surface area contributed by atoms with Crippen molar-refractivity contribution in [1.29, 1.82) is 0 Å². The number of alkyl carbamates (subject to hydrolysis) is 1. The number of hydrogen-bond acceptors (Lipinski definition) is 4. The first-order chi connectivity index (χ1) is 14.0. The maximum absolute atomic E-state index is 13.4. The highest BCUT2D eigenvalue weighted by Crippen LogP contribution is 2.26. The zero-order chi connectivity index (χ0) is 22.2.